The van der Waals surface area contributed by atoms with Gasteiger partial charge in [-0.15, -0.1) is 0 Å². The van der Waals surface area contributed by atoms with Crippen molar-refractivity contribution in [3.8, 4) is 0 Å². The number of ketones is 1. The summed E-state index contributed by atoms with van der Waals surface area (Å²) in [5, 5.41) is 0. The normalized spacial score (nSPS) is 6.97. The minimum Gasteiger partial charge on any atom is -0.299 e. The number of Topliss-reactive ketones (excluding diaryl/α,β-unsaturated/α-hetero) is 1. The molecule has 0 spiro atoms. The fourth-order valence-corrected chi connectivity index (χ4v) is 0.408. The molecular weight excluding hydrogens is 400 g/mol. The van der Waals surface area contributed by atoms with Crippen molar-refractivity contribution in [3.05, 3.63) is 0 Å². The Kier molecular flexibility index (Phi) is 199. The first kappa shape index (κ1) is 76.7. The Balaban J connectivity index is -0.0000000157. The van der Waals surface area contributed by atoms with E-state index in [1.54, 1.807) is 0 Å². The average molecular weight is 487 g/mol. The van der Waals surface area contributed by atoms with Gasteiger partial charge in [0.15, 0.2) is 0 Å². The number of hydrogen-bond donors (Lipinski definition) is 0. The molecule has 0 aromatic carbocycles. The molecule has 0 aromatic rings. The van der Waals surface area contributed by atoms with E-state index in [2.05, 4.69) is 90.0 Å². The molecule has 0 atom stereocenters. The van der Waals surface area contributed by atoms with Crippen LogP contribution in [0, 0.1) is 23.7 Å². The molecule has 0 radical (unpaired) electrons. The number of rotatable bonds is 3. The Bertz CT molecular complexity index is 177. The van der Waals surface area contributed by atoms with E-state index in [4.69, 9.17) is 0 Å². The molecule has 0 saturated heterocycles. The summed E-state index contributed by atoms with van der Waals surface area (Å²) < 4.78 is 0. The summed E-state index contributed by atoms with van der Waals surface area (Å²) >= 11 is 0. The van der Waals surface area contributed by atoms with Gasteiger partial charge in [0.25, 0.3) is 0 Å². The first-order valence-corrected chi connectivity index (χ1v) is 12.3. The fraction of sp³-hybridized carbons (Fsp3) is 0.969. The zero-order valence-corrected chi connectivity index (χ0v) is 24.0. The fourth-order valence-electron chi connectivity index (χ4n) is 0.408. The molecule has 0 N–H and O–H groups in total. The topological polar surface area (TPSA) is 17.1 Å². The Morgan fingerprint density at radius 1 is 0.515 bits per heavy atom. The van der Waals surface area contributed by atoms with Crippen molar-refractivity contribution < 1.29 is 4.79 Å². The molecule has 0 amide bonds. The number of carbonyl (C=O) groups excluding carboxylic acids is 1. The first-order chi connectivity index (χ1) is 12.7. The van der Waals surface area contributed by atoms with Crippen molar-refractivity contribution in [1.82, 2.24) is 0 Å². The first-order valence-electron chi connectivity index (χ1n) is 12.3. The van der Waals surface area contributed by atoms with Crippen molar-refractivity contribution >= 4 is 5.78 Å². The monoisotopic (exact) mass is 487 g/mol. The van der Waals surface area contributed by atoms with E-state index in [-0.39, 0.29) is 43.1 Å². The molecule has 0 aliphatic rings. The van der Waals surface area contributed by atoms with Gasteiger partial charge in [-0.05, 0) is 17.8 Å². The van der Waals surface area contributed by atoms with E-state index in [9.17, 15) is 4.79 Å². The second kappa shape index (κ2) is 85.5. The van der Waals surface area contributed by atoms with Crippen molar-refractivity contribution in [2.75, 3.05) is 0 Å². The highest BCUT2D eigenvalue weighted by Gasteiger charge is 2.00. The summed E-state index contributed by atoms with van der Waals surface area (Å²) in [7, 11) is 0. The smallest absolute Gasteiger partial charge is 0.135 e. The van der Waals surface area contributed by atoms with E-state index >= 15 is 0 Å². The second-order valence-corrected chi connectivity index (χ2v) is 8.65. The van der Waals surface area contributed by atoms with Crippen LogP contribution in [0.2, 0.25) is 0 Å². The molecule has 0 saturated carbocycles. The summed E-state index contributed by atoms with van der Waals surface area (Å²) in [5.74, 6) is 3.12. The van der Waals surface area contributed by atoms with Crippen molar-refractivity contribution in [1.29, 1.82) is 0 Å². The molecule has 1 nitrogen and oxygen atoms in total. The predicted molar refractivity (Wildman–Crippen MR) is 173 cm³/mol. The van der Waals surface area contributed by atoms with Crippen molar-refractivity contribution in [2.24, 2.45) is 23.7 Å². The second-order valence-electron chi connectivity index (χ2n) is 8.65. The summed E-state index contributed by atoms with van der Waals surface area (Å²) in [6, 6.07) is 0. The molecule has 33 heavy (non-hydrogen) atoms. The van der Waals surface area contributed by atoms with Crippen LogP contribution in [0.15, 0.2) is 0 Å². The van der Waals surface area contributed by atoms with Crippen LogP contribution in [0.4, 0.5) is 0 Å². The third kappa shape index (κ3) is 474. The quantitative estimate of drug-likeness (QED) is 0.387. The standard InChI is InChI=1S/C6H12O.C5H12.2C4H10.2C3H8.C2H6.5CH4/c1-4-6(7)5(2)3;1-4-5(2)3;2*1-4(2)3;2*1-3-2;1-2;;;;;/h5H,4H2,1-3H3;5H,4H2,1-3H3;2*4H,1-3H3;2*3H2,1-2H3;1-2H3;5*1H4. The Labute approximate surface area is 221 Å². The molecule has 0 bridgehead atoms. The van der Waals surface area contributed by atoms with E-state index in [1.807, 2.05) is 34.6 Å². The maximum absolute atomic E-state index is 10.5. The van der Waals surface area contributed by atoms with Crippen LogP contribution < -0.4 is 0 Å². The molecule has 1 heteroatoms. The lowest BCUT2D eigenvalue weighted by molar-refractivity contribution is -0.121. The zero-order chi connectivity index (χ0) is 24.7. The van der Waals surface area contributed by atoms with Crippen molar-refractivity contribution in [3.63, 3.8) is 0 Å². The highest BCUT2D eigenvalue weighted by Crippen LogP contribution is 1.95. The van der Waals surface area contributed by atoms with Gasteiger partial charge in [0.1, 0.15) is 5.78 Å². The maximum Gasteiger partial charge on any atom is 0.135 e. The average Bonchev–Trinajstić information content (AvgIpc) is 2.56. The number of carbonyl (C=O) groups is 1. The highest BCUT2D eigenvalue weighted by atomic mass is 16.1. The molecule has 0 unspecified atom stereocenters. The van der Waals surface area contributed by atoms with Crippen LogP contribution in [-0.4, -0.2) is 5.78 Å². The van der Waals surface area contributed by atoms with Gasteiger partial charge in [-0.2, -0.15) is 0 Å². The third-order valence-corrected chi connectivity index (χ3v) is 1.81. The van der Waals surface area contributed by atoms with E-state index < -0.39 is 0 Å². The SMILES string of the molecule is C.C.C.C.C.CC.CC(C)C.CC(C)C.CCC.CCC.CCC(=O)C(C)C.CCC(C)C. The predicted octanol–water partition coefficient (Wildman–Crippen LogP) is 14.0. The lowest BCUT2D eigenvalue weighted by atomic mass is 10.1. The molecule has 0 aromatic heterocycles. The minimum absolute atomic E-state index is 0. The van der Waals surface area contributed by atoms with Crippen molar-refractivity contribution in [2.45, 2.75) is 187 Å². The Morgan fingerprint density at radius 2 is 0.636 bits per heavy atom. The molecular formula is C32H86O. The van der Waals surface area contributed by atoms with E-state index in [1.165, 1.54) is 19.3 Å². The van der Waals surface area contributed by atoms with Crippen LogP contribution in [-0.2, 0) is 4.79 Å². The summed E-state index contributed by atoms with van der Waals surface area (Å²) in [6.07, 6.45) is 4.48. The lowest BCUT2D eigenvalue weighted by Crippen LogP contribution is -2.03. The largest absolute Gasteiger partial charge is 0.299 e. The molecule has 0 rings (SSSR count). The highest BCUT2D eigenvalue weighted by molar-refractivity contribution is 5.79. The molecule has 220 valence electrons. The van der Waals surface area contributed by atoms with Gasteiger partial charge in [0, 0.05) is 12.3 Å². The zero-order valence-electron chi connectivity index (χ0n) is 24.0. The van der Waals surface area contributed by atoms with Crippen LogP contribution >= 0.6 is 0 Å². The van der Waals surface area contributed by atoms with Crippen LogP contribution in [0.25, 0.3) is 0 Å². The summed E-state index contributed by atoms with van der Waals surface area (Å²) in [4.78, 5) is 10.5. The van der Waals surface area contributed by atoms with Crippen LogP contribution in [0.5, 0.6) is 0 Å². The minimum atomic E-state index is 0. The van der Waals surface area contributed by atoms with Crippen LogP contribution in [0.3, 0.4) is 0 Å². The Morgan fingerprint density at radius 3 is 0.636 bits per heavy atom. The number of hydrogen-bond acceptors (Lipinski definition) is 1. The lowest BCUT2D eigenvalue weighted by Gasteiger charge is -1.96. The summed E-state index contributed by atoms with van der Waals surface area (Å²) in [5.41, 5.74) is 0. The summed E-state index contributed by atoms with van der Waals surface area (Å²) in [6.45, 7) is 37.9. The van der Waals surface area contributed by atoms with Gasteiger partial charge < -0.3 is 0 Å². The third-order valence-electron chi connectivity index (χ3n) is 1.81. The molecule has 0 fully saturated rings. The van der Waals surface area contributed by atoms with Gasteiger partial charge in [0.05, 0.1) is 0 Å². The van der Waals surface area contributed by atoms with Gasteiger partial charge in [-0.25, -0.2) is 0 Å². The van der Waals surface area contributed by atoms with Crippen LogP contribution in [0.1, 0.15) is 187 Å². The van der Waals surface area contributed by atoms with Gasteiger partial charge in [0.2, 0.25) is 0 Å². The molecule has 0 aliphatic heterocycles. The molecule has 0 heterocycles. The molecule has 0 aliphatic carbocycles. The Hall–Kier alpha value is -0.330. The van der Waals surface area contributed by atoms with Gasteiger partial charge >= 0.3 is 0 Å². The van der Waals surface area contributed by atoms with E-state index in [0.717, 1.165) is 17.8 Å². The van der Waals surface area contributed by atoms with Gasteiger partial charge in [-0.1, -0.05) is 181 Å². The van der Waals surface area contributed by atoms with Gasteiger partial charge in [-0.3, -0.25) is 4.79 Å². The van der Waals surface area contributed by atoms with E-state index in [0.29, 0.717) is 12.2 Å². The maximum atomic E-state index is 10.5.